The SMILES string of the molecule is COC1(C(C)C)CC(C=O)=CC=C1O. The largest absolute Gasteiger partial charge is 0.509 e. The van der Waals surface area contributed by atoms with Crippen LogP contribution in [0.25, 0.3) is 0 Å². The fraction of sp³-hybridized carbons (Fsp3) is 0.545. The Morgan fingerprint density at radius 1 is 1.57 bits per heavy atom. The molecular weight excluding hydrogens is 180 g/mol. The molecule has 0 radical (unpaired) electrons. The van der Waals surface area contributed by atoms with Gasteiger partial charge in [0.05, 0.1) is 0 Å². The van der Waals surface area contributed by atoms with Gasteiger partial charge in [-0.1, -0.05) is 19.9 Å². The summed E-state index contributed by atoms with van der Waals surface area (Å²) in [6.45, 7) is 3.92. The predicted molar refractivity (Wildman–Crippen MR) is 54.1 cm³/mol. The van der Waals surface area contributed by atoms with Gasteiger partial charge >= 0.3 is 0 Å². The maximum atomic E-state index is 10.7. The van der Waals surface area contributed by atoms with Gasteiger partial charge in [0.2, 0.25) is 0 Å². The van der Waals surface area contributed by atoms with Crippen LogP contribution in [0.4, 0.5) is 0 Å². The Labute approximate surface area is 84.1 Å². The van der Waals surface area contributed by atoms with Gasteiger partial charge in [-0.15, -0.1) is 0 Å². The van der Waals surface area contributed by atoms with E-state index < -0.39 is 5.60 Å². The summed E-state index contributed by atoms with van der Waals surface area (Å²) >= 11 is 0. The number of rotatable bonds is 3. The van der Waals surface area contributed by atoms with Gasteiger partial charge in [0.25, 0.3) is 0 Å². The number of aliphatic hydroxyl groups is 1. The molecule has 1 unspecified atom stereocenters. The molecule has 0 spiro atoms. The first-order valence-corrected chi connectivity index (χ1v) is 4.67. The van der Waals surface area contributed by atoms with Crippen molar-refractivity contribution in [2.24, 2.45) is 5.92 Å². The first-order chi connectivity index (χ1) is 6.56. The van der Waals surface area contributed by atoms with Crippen LogP contribution >= 0.6 is 0 Å². The Morgan fingerprint density at radius 3 is 2.64 bits per heavy atom. The van der Waals surface area contributed by atoms with Gasteiger partial charge in [-0.05, 0) is 17.6 Å². The molecule has 0 bridgehead atoms. The fourth-order valence-corrected chi connectivity index (χ4v) is 1.77. The Morgan fingerprint density at radius 2 is 2.21 bits per heavy atom. The third-order valence-corrected chi connectivity index (χ3v) is 2.80. The van der Waals surface area contributed by atoms with E-state index in [4.69, 9.17) is 4.74 Å². The molecule has 0 fully saturated rings. The third-order valence-electron chi connectivity index (χ3n) is 2.80. The lowest BCUT2D eigenvalue weighted by Gasteiger charge is -2.37. The summed E-state index contributed by atoms with van der Waals surface area (Å²) in [6.07, 6.45) is 4.41. The van der Waals surface area contributed by atoms with Crippen LogP contribution in [-0.2, 0) is 9.53 Å². The van der Waals surface area contributed by atoms with Crippen molar-refractivity contribution in [1.82, 2.24) is 0 Å². The van der Waals surface area contributed by atoms with Crippen molar-refractivity contribution in [2.75, 3.05) is 7.11 Å². The maximum Gasteiger partial charge on any atom is 0.146 e. The summed E-state index contributed by atoms with van der Waals surface area (Å²) in [6, 6.07) is 0. The number of hydrogen-bond donors (Lipinski definition) is 1. The highest BCUT2D eigenvalue weighted by Crippen LogP contribution is 2.36. The highest BCUT2D eigenvalue weighted by molar-refractivity contribution is 5.75. The molecule has 3 heteroatoms. The molecule has 0 heterocycles. The molecule has 78 valence electrons. The minimum Gasteiger partial charge on any atom is -0.509 e. The van der Waals surface area contributed by atoms with E-state index >= 15 is 0 Å². The van der Waals surface area contributed by atoms with Crippen LogP contribution in [0.5, 0.6) is 0 Å². The van der Waals surface area contributed by atoms with Crippen molar-refractivity contribution in [1.29, 1.82) is 0 Å². The normalized spacial score (nSPS) is 27.1. The first-order valence-electron chi connectivity index (χ1n) is 4.67. The molecule has 14 heavy (non-hydrogen) atoms. The lowest BCUT2D eigenvalue weighted by molar-refractivity contribution is -0.106. The van der Waals surface area contributed by atoms with Gasteiger partial charge in [0.1, 0.15) is 17.6 Å². The highest BCUT2D eigenvalue weighted by atomic mass is 16.5. The minimum atomic E-state index is -0.731. The van der Waals surface area contributed by atoms with Crippen LogP contribution in [0.3, 0.4) is 0 Å². The number of allylic oxidation sites excluding steroid dienone is 2. The van der Waals surface area contributed by atoms with Crippen molar-refractivity contribution in [3.05, 3.63) is 23.5 Å². The fourth-order valence-electron chi connectivity index (χ4n) is 1.77. The number of methoxy groups -OCH3 is 1. The molecule has 0 aliphatic heterocycles. The van der Waals surface area contributed by atoms with Crippen molar-refractivity contribution < 1.29 is 14.6 Å². The van der Waals surface area contributed by atoms with Gasteiger partial charge in [-0.3, -0.25) is 4.79 Å². The summed E-state index contributed by atoms with van der Waals surface area (Å²) in [5, 5.41) is 9.78. The average molecular weight is 196 g/mol. The monoisotopic (exact) mass is 196 g/mol. The molecule has 3 nitrogen and oxygen atoms in total. The van der Waals surface area contributed by atoms with Gasteiger partial charge in [-0.25, -0.2) is 0 Å². The topological polar surface area (TPSA) is 46.5 Å². The second-order valence-electron chi connectivity index (χ2n) is 3.84. The number of aldehydes is 1. The van der Waals surface area contributed by atoms with E-state index in [9.17, 15) is 9.90 Å². The predicted octanol–water partition coefficient (Wildman–Crippen LogP) is 2.00. The first kappa shape index (κ1) is 11.0. The maximum absolute atomic E-state index is 10.7. The van der Waals surface area contributed by atoms with Crippen LogP contribution in [0.1, 0.15) is 20.3 Å². The van der Waals surface area contributed by atoms with Crippen LogP contribution < -0.4 is 0 Å². The number of ether oxygens (including phenoxy) is 1. The summed E-state index contributed by atoms with van der Waals surface area (Å²) in [4.78, 5) is 10.7. The Bertz CT molecular complexity index is 289. The summed E-state index contributed by atoms with van der Waals surface area (Å²) in [5.41, 5.74) is -0.0799. The Balaban J connectivity index is 3.06. The van der Waals surface area contributed by atoms with E-state index in [1.54, 1.807) is 13.2 Å². The molecule has 0 saturated carbocycles. The second kappa shape index (κ2) is 3.96. The Hall–Kier alpha value is -1.09. The molecule has 1 aliphatic carbocycles. The quantitative estimate of drug-likeness (QED) is 0.702. The molecule has 1 rings (SSSR count). The number of hydrogen-bond acceptors (Lipinski definition) is 3. The molecule has 1 aliphatic rings. The van der Waals surface area contributed by atoms with Crippen LogP contribution in [0.15, 0.2) is 23.5 Å². The molecule has 1 N–H and O–H groups in total. The zero-order chi connectivity index (χ0) is 10.8. The lowest BCUT2D eigenvalue weighted by Crippen LogP contribution is -2.41. The van der Waals surface area contributed by atoms with Crippen molar-refractivity contribution in [3.63, 3.8) is 0 Å². The second-order valence-corrected chi connectivity index (χ2v) is 3.84. The standard InChI is InChI=1S/C11H16O3/c1-8(2)11(14-3)6-9(7-12)4-5-10(11)13/h4-5,7-8,13H,6H2,1-3H3. The molecular formula is C11H16O3. The molecule has 1 atom stereocenters. The number of aliphatic hydroxyl groups excluding tert-OH is 1. The van der Waals surface area contributed by atoms with E-state index in [1.807, 2.05) is 13.8 Å². The van der Waals surface area contributed by atoms with E-state index in [1.165, 1.54) is 6.08 Å². The van der Waals surface area contributed by atoms with E-state index in [0.717, 1.165) is 6.29 Å². The summed E-state index contributed by atoms with van der Waals surface area (Å²) in [5.74, 6) is 0.313. The van der Waals surface area contributed by atoms with E-state index in [-0.39, 0.29) is 11.7 Å². The average Bonchev–Trinajstić information content (AvgIpc) is 2.18. The zero-order valence-corrected chi connectivity index (χ0v) is 8.78. The molecule has 0 saturated heterocycles. The van der Waals surface area contributed by atoms with Gasteiger partial charge in [-0.2, -0.15) is 0 Å². The van der Waals surface area contributed by atoms with Crippen LogP contribution in [-0.4, -0.2) is 24.1 Å². The summed E-state index contributed by atoms with van der Waals surface area (Å²) in [7, 11) is 1.55. The zero-order valence-electron chi connectivity index (χ0n) is 8.78. The number of carbonyl (C=O) groups is 1. The smallest absolute Gasteiger partial charge is 0.146 e. The van der Waals surface area contributed by atoms with E-state index in [2.05, 4.69) is 0 Å². The molecule has 0 aromatic carbocycles. The van der Waals surface area contributed by atoms with Crippen molar-refractivity contribution >= 4 is 6.29 Å². The summed E-state index contributed by atoms with van der Waals surface area (Å²) < 4.78 is 5.37. The van der Waals surface area contributed by atoms with E-state index in [0.29, 0.717) is 12.0 Å². The van der Waals surface area contributed by atoms with Crippen LogP contribution in [0.2, 0.25) is 0 Å². The molecule has 0 aromatic rings. The van der Waals surface area contributed by atoms with Crippen LogP contribution in [0, 0.1) is 5.92 Å². The highest BCUT2D eigenvalue weighted by Gasteiger charge is 2.40. The lowest BCUT2D eigenvalue weighted by atomic mass is 9.79. The van der Waals surface area contributed by atoms with Crippen molar-refractivity contribution in [3.8, 4) is 0 Å². The molecule has 0 amide bonds. The van der Waals surface area contributed by atoms with Gasteiger partial charge < -0.3 is 9.84 Å². The molecule has 0 aromatic heterocycles. The Kier molecular flexibility index (Phi) is 3.11. The number of carbonyl (C=O) groups excluding carboxylic acids is 1. The van der Waals surface area contributed by atoms with Gasteiger partial charge in [0, 0.05) is 13.5 Å². The van der Waals surface area contributed by atoms with Crippen molar-refractivity contribution in [2.45, 2.75) is 25.9 Å². The third kappa shape index (κ3) is 1.60. The van der Waals surface area contributed by atoms with Gasteiger partial charge in [0.15, 0.2) is 0 Å². The minimum absolute atomic E-state index is 0.118.